The van der Waals surface area contributed by atoms with E-state index in [9.17, 15) is 5.11 Å². The van der Waals surface area contributed by atoms with Crippen LogP contribution in [-0.4, -0.2) is 10.1 Å². The fraction of sp³-hybridized carbons (Fsp3) is 0. The number of fused-ring (bicyclic) bond motifs is 1. The van der Waals surface area contributed by atoms with Gasteiger partial charge in [-0.15, -0.1) is 0 Å². The number of aromatic nitrogens is 1. The maximum absolute atomic E-state index is 9.65. The van der Waals surface area contributed by atoms with Gasteiger partial charge in [0.25, 0.3) is 0 Å². The predicted molar refractivity (Wildman–Crippen MR) is 65.5 cm³/mol. The minimum atomic E-state index is 0.123. The van der Waals surface area contributed by atoms with Crippen LogP contribution in [0.3, 0.4) is 0 Å². The summed E-state index contributed by atoms with van der Waals surface area (Å²) in [6, 6.07) is 10.5. The highest BCUT2D eigenvalue weighted by Crippen LogP contribution is 2.32. The van der Waals surface area contributed by atoms with Gasteiger partial charge in [0.1, 0.15) is 5.69 Å². The molecule has 0 radical (unpaired) electrons. The average Bonchev–Trinajstić information content (AvgIpc) is 2.74. The Balaban J connectivity index is 2.22. The number of nitrogens with two attached hydrogens (primary N) is 1. The van der Waals surface area contributed by atoms with Gasteiger partial charge in [0.15, 0.2) is 17.1 Å². The first-order valence-corrected chi connectivity index (χ1v) is 5.17. The van der Waals surface area contributed by atoms with E-state index in [1.54, 1.807) is 30.5 Å². The van der Waals surface area contributed by atoms with Crippen molar-refractivity contribution in [3.05, 3.63) is 42.6 Å². The lowest BCUT2D eigenvalue weighted by Gasteiger charge is -1.96. The van der Waals surface area contributed by atoms with Crippen molar-refractivity contribution >= 4 is 16.7 Å². The van der Waals surface area contributed by atoms with Gasteiger partial charge >= 0.3 is 0 Å². The highest BCUT2D eigenvalue weighted by molar-refractivity contribution is 5.86. The zero-order valence-electron chi connectivity index (χ0n) is 8.92. The summed E-state index contributed by atoms with van der Waals surface area (Å²) in [7, 11) is 0. The van der Waals surface area contributed by atoms with Crippen molar-refractivity contribution in [3.8, 4) is 17.2 Å². The van der Waals surface area contributed by atoms with Gasteiger partial charge in [-0.25, -0.2) is 0 Å². The van der Waals surface area contributed by atoms with Crippen LogP contribution in [0.25, 0.3) is 22.4 Å². The first-order chi connectivity index (χ1) is 8.24. The molecule has 84 valence electrons. The highest BCUT2D eigenvalue weighted by Gasteiger charge is 2.09. The Hall–Kier alpha value is -2.49. The molecule has 2 heterocycles. The fourth-order valence-electron chi connectivity index (χ4n) is 1.76. The molecule has 3 rings (SSSR count). The largest absolute Gasteiger partial charge is 0.504 e. The molecule has 3 N–H and O–H groups in total. The smallest absolute Gasteiger partial charge is 0.176 e. The summed E-state index contributed by atoms with van der Waals surface area (Å²) in [6.45, 7) is 0. The van der Waals surface area contributed by atoms with Crippen molar-refractivity contribution in [2.75, 3.05) is 5.73 Å². The van der Waals surface area contributed by atoms with Crippen LogP contribution in [-0.2, 0) is 0 Å². The van der Waals surface area contributed by atoms with E-state index in [1.807, 2.05) is 12.1 Å². The lowest BCUT2D eigenvalue weighted by Crippen LogP contribution is -1.86. The fourth-order valence-corrected chi connectivity index (χ4v) is 1.76. The summed E-state index contributed by atoms with van der Waals surface area (Å²) >= 11 is 0. The molecule has 0 bridgehead atoms. The van der Waals surface area contributed by atoms with Crippen molar-refractivity contribution in [1.82, 2.24) is 4.98 Å². The average molecular weight is 226 g/mol. The highest BCUT2D eigenvalue weighted by atomic mass is 16.4. The number of para-hydroxylation sites is 1. The number of anilines is 1. The second kappa shape index (κ2) is 3.52. The summed E-state index contributed by atoms with van der Waals surface area (Å²) in [5.74, 6) is 0.714. The van der Waals surface area contributed by atoms with Crippen LogP contribution in [0.4, 0.5) is 5.69 Å². The molecule has 17 heavy (non-hydrogen) atoms. The van der Waals surface area contributed by atoms with Crippen molar-refractivity contribution in [2.24, 2.45) is 0 Å². The monoisotopic (exact) mass is 226 g/mol. The summed E-state index contributed by atoms with van der Waals surface area (Å²) in [5.41, 5.74) is 7.43. The molecule has 0 aliphatic heterocycles. The molecule has 0 fully saturated rings. The van der Waals surface area contributed by atoms with E-state index in [2.05, 4.69) is 4.98 Å². The third kappa shape index (κ3) is 1.59. The molecular weight excluding hydrogens is 216 g/mol. The van der Waals surface area contributed by atoms with E-state index >= 15 is 0 Å². The number of hydrogen-bond donors (Lipinski definition) is 2. The number of phenolic OH excluding ortho intramolecular Hbond substituents is 1. The van der Waals surface area contributed by atoms with Crippen LogP contribution in [0.5, 0.6) is 5.75 Å². The predicted octanol–water partition coefficient (Wildman–Crippen LogP) is 2.78. The number of hydrogen-bond acceptors (Lipinski definition) is 4. The van der Waals surface area contributed by atoms with Gasteiger partial charge in [0, 0.05) is 17.3 Å². The number of pyridine rings is 1. The molecule has 2 aromatic heterocycles. The number of nitrogen functional groups attached to an aromatic ring is 1. The van der Waals surface area contributed by atoms with Crippen LogP contribution < -0.4 is 5.73 Å². The zero-order valence-corrected chi connectivity index (χ0v) is 8.92. The van der Waals surface area contributed by atoms with Crippen LogP contribution in [0.2, 0.25) is 0 Å². The van der Waals surface area contributed by atoms with Gasteiger partial charge in [-0.05, 0) is 24.3 Å². The molecule has 0 saturated heterocycles. The third-order valence-corrected chi connectivity index (χ3v) is 2.56. The lowest BCUT2D eigenvalue weighted by atomic mass is 10.2. The zero-order chi connectivity index (χ0) is 11.8. The third-order valence-electron chi connectivity index (χ3n) is 2.56. The normalized spacial score (nSPS) is 10.8. The summed E-state index contributed by atoms with van der Waals surface area (Å²) in [6.07, 6.45) is 1.62. The van der Waals surface area contributed by atoms with E-state index in [0.29, 0.717) is 22.7 Å². The second-order valence-corrected chi connectivity index (χ2v) is 3.78. The van der Waals surface area contributed by atoms with Crippen molar-refractivity contribution < 1.29 is 9.52 Å². The number of nitrogens with zero attached hydrogens (tertiary/aromatic N) is 1. The molecule has 4 heteroatoms. The van der Waals surface area contributed by atoms with E-state index < -0.39 is 0 Å². The van der Waals surface area contributed by atoms with E-state index in [-0.39, 0.29) is 5.75 Å². The van der Waals surface area contributed by atoms with Crippen LogP contribution >= 0.6 is 0 Å². The van der Waals surface area contributed by atoms with Crippen LogP contribution in [0, 0.1) is 0 Å². The first kappa shape index (κ1) is 9.72. The van der Waals surface area contributed by atoms with Crippen molar-refractivity contribution in [2.45, 2.75) is 0 Å². The standard InChI is InChI=1S/C13H10N2O2/c14-9-4-5-15-10(7-9)12-6-8-2-1-3-11(16)13(8)17-12/h1-7,16H,(H2,14,15). The molecule has 3 aromatic rings. The maximum Gasteiger partial charge on any atom is 0.176 e. The molecule has 0 aliphatic carbocycles. The van der Waals surface area contributed by atoms with E-state index in [0.717, 1.165) is 5.39 Å². The molecule has 1 aromatic carbocycles. The Morgan fingerprint density at radius 3 is 2.82 bits per heavy atom. The quantitative estimate of drug-likeness (QED) is 0.669. The molecule has 0 unspecified atom stereocenters. The summed E-state index contributed by atoms with van der Waals surface area (Å²) in [4.78, 5) is 4.18. The number of phenols is 1. The van der Waals surface area contributed by atoms with Crippen LogP contribution in [0.1, 0.15) is 0 Å². The number of benzene rings is 1. The molecule has 0 amide bonds. The Kier molecular flexibility index (Phi) is 2.01. The topological polar surface area (TPSA) is 72.3 Å². The SMILES string of the molecule is Nc1ccnc(-c2cc3cccc(O)c3o2)c1. The lowest BCUT2D eigenvalue weighted by molar-refractivity contribution is 0.466. The minimum absolute atomic E-state index is 0.123. The second-order valence-electron chi connectivity index (χ2n) is 3.78. The Labute approximate surface area is 97.3 Å². The number of aromatic hydroxyl groups is 1. The van der Waals surface area contributed by atoms with Crippen molar-refractivity contribution in [3.63, 3.8) is 0 Å². The first-order valence-electron chi connectivity index (χ1n) is 5.17. The Morgan fingerprint density at radius 2 is 2.06 bits per heavy atom. The molecular formula is C13H10N2O2. The molecule has 0 aliphatic rings. The minimum Gasteiger partial charge on any atom is -0.504 e. The van der Waals surface area contributed by atoms with Gasteiger partial charge in [0.05, 0.1) is 0 Å². The van der Waals surface area contributed by atoms with Gasteiger partial charge in [-0.2, -0.15) is 0 Å². The van der Waals surface area contributed by atoms with Crippen LogP contribution in [0.15, 0.2) is 47.0 Å². The van der Waals surface area contributed by atoms with Crippen molar-refractivity contribution in [1.29, 1.82) is 0 Å². The van der Waals surface area contributed by atoms with Gasteiger partial charge in [-0.3, -0.25) is 4.98 Å². The van der Waals surface area contributed by atoms with Gasteiger partial charge in [0.2, 0.25) is 0 Å². The van der Waals surface area contributed by atoms with E-state index in [1.165, 1.54) is 0 Å². The summed E-state index contributed by atoms with van der Waals surface area (Å²) < 4.78 is 5.57. The Morgan fingerprint density at radius 1 is 1.18 bits per heavy atom. The number of furan rings is 1. The van der Waals surface area contributed by atoms with E-state index in [4.69, 9.17) is 10.2 Å². The summed E-state index contributed by atoms with van der Waals surface area (Å²) in [5, 5.41) is 10.5. The molecule has 0 saturated carbocycles. The molecule has 0 spiro atoms. The Bertz CT molecular complexity index is 689. The molecule has 4 nitrogen and oxygen atoms in total. The molecule has 0 atom stereocenters. The number of rotatable bonds is 1. The van der Waals surface area contributed by atoms with Gasteiger partial charge in [-0.1, -0.05) is 12.1 Å². The van der Waals surface area contributed by atoms with Gasteiger partial charge < -0.3 is 15.3 Å². The maximum atomic E-state index is 9.65.